The average molecular weight is 1050 g/mol. The number of nitrogens with one attached hydrogen (secondary N) is 1. The van der Waals surface area contributed by atoms with E-state index in [1.165, 1.54) is 295 Å². The summed E-state index contributed by atoms with van der Waals surface area (Å²) < 4.78 is 5.49. The summed E-state index contributed by atoms with van der Waals surface area (Å²) in [4.78, 5) is 24.5. The van der Waals surface area contributed by atoms with E-state index in [4.69, 9.17) is 4.74 Å². The van der Waals surface area contributed by atoms with Gasteiger partial charge in [0.1, 0.15) is 0 Å². The van der Waals surface area contributed by atoms with Crippen molar-refractivity contribution in [1.29, 1.82) is 0 Å². The van der Waals surface area contributed by atoms with Gasteiger partial charge in [0, 0.05) is 12.8 Å². The second-order valence-corrected chi connectivity index (χ2v) is 23.1. The van der Waals surface area contributed by atoms with Crippen LogP contribution in [-0.4, -0.2) is 47.4 Å². The molecule has 75 heavy (non-hydrogen) atoms. The molecule has 0 rings (SSSR count). The molecule has 3 N–H and O–H groups in total. The van der Waals surface area contributed by atoms with Crippen LogP contribution in [0.25, 0.3) is 0 Å². The fraction of sp³-hybridized carbons (Fsp3) is 0.884. The Labute approximate surface area is 468 Å². The molecule has 0 aromatic carbocycles. The number of aliphatic hydroxyl groups excluding tert-OH is 2. The highest BCUT2D eigenvalue weighted by Gasteiger charge is 2.18. The maximum absolute atomic E-state index is 12.4. The number of allylic oxidation sites excluding steroid dienone is 5. The molecule has 0 aliphatic heterocycles. The van der Waals surface area contributed by atoms with Crippen molar-refractivity contribution in [2.75, 3.05) is 13.2 Å². The first-order chi connectivity index (χ1) is 37.0. The first-order valence-electron chi connectivity index (χ1n) is 33.8. The van der Waals surface area contributed by atoms with Crippen LogP contribution in [0, 0.1) is 0 Å². The van der Waals surface area contributed by atoms with Crippen molar-refractivity contribution in [1.82, 2.24) is 5.32 Å². The van der Waals surface area contributed by atoms with E-state index in [1.54, 1.807) is 6.08 Å². The maximum Gasteiger partial charge on any atom is 0.305 e. The number of aliphatic hydroxyl groups is 2. The molecule has 442 valence electrons. The van der Waals surface area contributed by atoms with Gasteiger partial charge >= 0.3 is 5.97 Å². The number of esters is 1. The van der Waals surface area contributed by atoms with Gasteiger partial charge in [-0.05, 0) is 83.5 Å². The summed E-state index contributed by atoms with van der Waals surface area (Å²) in [5.41, 5.74) is 0. The van der Waals surface area contributed by atoms with Gasteiger partial charge in [-0.2, -0.15) is 0 Å². The highest BCUT2D eigenvalue weighted by Crippen LogP contribution is 2.18. The van der Waals surface area contributed by atoms with E-state index in [1.807, 2.05) is 6.08 Å². The minimum atomic E-state index is -0.841. The predicted octanol–water partition coefficient (Wildman–Crippen LogP) is 21.5. The fourth-order valence-corrected chi connectivity index (χ4v) is 10.4. The van der Waals surface area contributed by atoms with Gasteiger partial charge in [0.25, 0.3) is 0 Å². The Morgan fingerprint density at radius 3 is 0.947 bits per heavy atom. The van der Waals surface area contributed by atoms with Gasteiger partial charge in [-0.1, -0.05) is 307 Å². The standard InChI is InChI=1S/C69H131NO5/c1-3-5-7-9-11-13-15-16-17-36-39-43-47-51-55-59-63-69(74)75-64-60-56-52-48-44-40-37-34-32-30-28-26-24-22-20-18-19-21-23-25-27-29-31-33-35-38-42-46-50-54-58-62-68(73)70-66(65-71)67(72)61-57-53-49-45-41-14-12-10-8-6-4-2/h17,20,22,36,57,61,66-67,71-72H,3-16,18-19,21,23-35,37-56,58-60,62-65H2,1-2H3,(H,70,73)/b22-20-,36-17-,61-57+. The summed E-state index contributed by atoms with van der Waals surface area (Å²) in [6, 6.07) is -0.625. The van der Waals surface area contributed by atoms with Gasteiger partial charge < -0.3 is 20.3 Å². The topological polar surface area (TPSA) is 95.9 Å². The van der Waals surface area contributed by atoms with Crippen LogP contribution in [-0.2, 0) is 14.3 Å². The second-order valence-electron chi connectivity index (χ2n) is 23.1. The van der Waals surface area contributed by atoms with Crippen LogP contribution in [0.4, 0.5) is 0 Å². The lowest BCUT2D eigenvalue weighted by Gasteiger charge is -2.20. The highest BCUT2D eigenvalue weighted by atomic mass is 16.5. The van der Waals surface area contributed by atoms with E-state index in [9.17, 15) is 19.8 Å². The van der Waals surface area contributed by atoms with Crippen molar-refractivity contribution in [2.24, 2.45) is 0 Å². The molecule has 2 unspecified atom stereocenters. The maximum atomic E-state index is 12.4. The van der Waals surface area contributed by atoms with E-state index >= 15 is 0 Å². The molecular formula is C69H131NO5. The van der Waals surface area contributed by atoms with Gasteiger partial charge in [0.15, 0.2) is 0 Å². The lowest BCUT2D eigenvalue weighted by molar-refractivity contribution is -0.143. The quantitative estimate of drug-likeness (QED) is 0.0320. The van der Waals surface area contributed by atoms with Gasteiger partial charge in [-0.25, -0.2) is 0 Å². The molecule has 0 radical (unpaired) electrons. The van der Waals surface area contributed by atoms with Gasteiger partial charge in [0.2, 0.25) is 5.91 Å². The summed E-state index contributed by atoms with van der Waals surface area (Å²) >= 11 is 0. The van der Waals surface area contributed by atoms with Crippen LogP contribution in [0.2, 0.25) is 0 Å². The minimum absolute atomic E-state index is 0.0101. The molecule has 0 heterocycles. The molecule has 0 aromatic heterocycles. The van der Waals surface area contributed by atoms with Crippen LogP contribution < -0.4 is 5.32 Å². The van der Waals surface area contributed by atoms with Crippen molar-refractivity contribution in [3.63, 3.8) is 0 Å². The van der Waals surface area contributed by atoms with Crippen LogP contribution in [0.3, 0.4) is 0 Å². The van der Waals surface area contributed by atoms with Gasteiger partial charge in [0.05, 0.1) is 25.4 Å². The van der Waals surface area contributed by atoms with Crippen LogP contribution in [0.5, 0.6) is 0 Å². The summed E-state index contributed by atoms with van der Waals surface area (Å²) in [5, 5.41) is 23.0. The molecule has 0 saturated heterocycles. The predicted molar refractivity (Wildman–Crippen MR) is 329 cm³/mol. The number of carbonyl (C=O) groups is 2. The number of amides is 1. The third-order valence-electron chi connectivity index (χ3n) is 15.6. The zero-order chi connectivity index (χ0) is 54.3. The Hall–Kier alpha value is -1.92. The molecule has 0 spiro atoms. The van der Waals surface area contributed by atoms with Crippen molar-refractivity contribution >= 4 is 11.9 Å². The normalized spacial score (nSPS) is 12.7. The van der Waals surface area contributed by atoms with Crippen LogP contribution in [0.1, 0.15) is 367 Å². The summed E-state index contributed by atoms with van der Waals surface area (Å²) in [6.45, 7) is 4.90. The lowest BCUT2D eigenvalue weighted by Crippen LogP contribution is -2.45. The molecule has 0 aliphatic carbocycles. The van der Waals surface area contributed by atoms with Crippen LogP contribution >= 0.6 is 0 Å². The van der Waals surface area contributed by atoms with Crippen LogP contribution in [0.15, 0.2) is 36.5 Å². The van der Waals surface area contributed by atoms with E-state index in [0.29, 0.717) is 19.4 Å². The second kappa shape index (κ2) is 64.6. The minimum Gasteiger partial charge on any atom is -0.466 e. The number of rotatable bonds is 63. The van der Waals surface area contributed by atoms with Crippen molar-refractivity contribution in [2.45, 2.75) is 379 Å². The number of ether oxygens (including phenoxy) is 1. The third kappa shape index (κ3) is 61.2. The van der Waals surface area contributed by atoms with E-state index in [2.05, 4.69) is 43.5 Å². The largest absolute Gasteiger partial charge is 0.466 e. The average Bonchev–Trinajstić information content (AvgIpc) is 3.41. The van der Waals surface area contributed by atoms with E-state index < -0.39 is 12.1 Å². The first kappa shape index (κ1) is 73.1. The lowest BCUT2D eigenvalue weighted by atomic mass is 10.0. The monoisotopic (exact) mass is 1050 g/mol. The number of hydrogen-bond donors (Lipinski definition) is 3. The smallest absolute Gasteiger partial charge is 0.305 e. The summed E-state index contributed by atoms with van der Waals surface area (Å²) in [6.07, 6.45) is 82.2. The molecule has 0 aromatic rings. The molecule has 0 fully saturated rings. The Balaban J connectivity index is 3.35. The molecule has 0 saturated carbocycles. The summed E-state index contributed by atoms with van der Waals surface area (Å²) in [7, 11) is 0. The number of hydrogen-bond acceptors (Lipinski definition) is 5. The van der Waals surface area contributed by atoms with Crippen molar-refractivity contribution in [3.05, 3.63) is 36.5 Å². The Bertz CT molecular complexity index is 1210. The zero-order valence-electron chi connectivity index (χ0n) is 50.5. The molecule has 6 heteroatoms. The van der Waals surface area contributed by atoms with Crippen molar-refractivity contribution in [3.8, 4) is 0 Å². The highest BCUT2D eigenvalue weighted by molar-refractivity contribution is 5.76. The fourth-order valence-electron chi connectivity index (χ4n) is 10.4. The van der Waals surface area contributed by atoms with Gasteiger partial charge in [-0.3, -0.25) is 9.59 Å². The third-order valence-corrected chi connectivity index (χ3v) is 15.6. The Morgan fingerprint density at radius 1 is 0.360 bits per heavy atom. The summed E-state index contributed by atoms with van der Waals surface area (Å²) in [5.74, 6) is -0.0560. The zero-order valence-corrected chi connectivity index (χ0v) is 50.5. The van der Waals surface area contributed by atoms with E-state index in [-0.39, 0.29) is 18.5 Å². The van der Waals surface area contributed by atoms with Crippen molar-refractivity contribution < 1.29 is 24.5 Å². The Kier molecular flexibility index (Phi) is 63.0. The van der Waals surface area contributed by atoms with Gasteiger partial charge in [-0.15, -0.1) is 0 Å². The molecule has 0 bridgehead atoms. The molecule has 0 aliphatic rings. The molecular weight excluding hydrogens is 923 g/mol. The molecule has 1 amide bonds. The molecule has 2 atom stereocenters. The molecule has 6 nitrogen and oxygen atoms in total. The SMILES string of the molecule is CCCCCCCCC/C=C\CCCCCCCC(=O)OCCCCCCCCCCCCCC/C=C\CCCCCCCCCCCCCCCCCC(=O)NC(CO)C(O)/C=C/CCCCCCCCCCC. The number of unbranched alkanes of at least 4 members (excludes halogenated alkanes) is 48. The van der Waals surface area contributed by atoms with E-state index in [0.717, 1.165) is 44.9 Å². The first-order valence-corrected chi connectivity index (χ1v) is 33.8. The Morgan fingerprint density at radius 2 is 0.627 bits per heavy atom. The number of carbonyl (C=O) groups excluding carboxylic acids is 2.